The minimum absolute atomic E-state index is 0.712. The largest absolute Gasteiger partial charge is 0.378 e. The molecule has 0 saturated carbocycles. The van der Waals surface area contributed by atoms with Gasteiger partial charge >= 0.3 is 0 Å². The van der Waals surface area contributed by atoms with Gasteiger partial charge in [0, 0.05) is 12.2 Å². The van der Waals surface area contributed by atoms with E-state index in [1.54, 1.807) is 6.33 Å². The molecule has 1 aromatic carbocycles. The molecule has 96 valence electrons. The van der Waals surface area contributed by atoms with Crippen molar-refractivity contribution >= 4 is 5.69 Å². The predicted octanol–water partition coefficient (Wildman–Crippen LogP) is 2.92. The van der Waals surface area contributed by atoms with E-state index in [9.17, 15) is 0 Å². The molecule has 2 rings (SSSR count). The molecule has 0 aliphatic carbocycles. The van der Waals surface area contributed by atoms with Crippen molar-refractivity contribution < 1.29 is 0 Å². The van der Waals surface area contributed by atoms with E-state index in [1.165, 1.54) is 11.1 Å². The van der Waals surface area contributed by atoms with Crippen LogP contribution in [0.25, 0.3) is 0 Å². The highest BCUT2D eigenvalue weighted by atomic mass is 15.3. The molecule has 18 heavy (non-hydrogen) atoms. The lowest BCUT2D eigenvalue weighted by Crippen LogP contribution is -2.10. The normalized spacial score (nSPS) is 10.6. The Labute approximate surface area is 108 Å². The molecule has 2 aromatic rings. The Kier molecular flexibility index (Phi) is 3.97. The minimum atomic E-state index is 0.712. The molecule has 0 fully saturated rings. The first-order valence-electron chi connectivity index (χ1n) is 6.38. The summed E-state index contributed by atoms with van der Waals surface area (Å²) in [7, 11) is 0. The third-order valence-electron chi connectivity index (χ3n) is 2.95. The lowest BCUT2D eigenvalue weighted by atomic mass is 10.1. The third kappa shape index (κ3) is 2.88. The van der Waals surface area contributed by atoms with E-state index < -0.39 is 0 Å². The monoisotopic (exact) mass is 244 g/mol. The van der Waals surface area contributed by atoms with Gasteiger partial charge in [-0.25, -0.2) is 9.67 Å². The Morgan fingerprint density at radius 2 is 2.11 bits per heavy atom. The van der Waals surface area contributed by atoms with Crippen molar-refractivity contribution in [3.05, 3.63) is 41.5 Å². The highest BCUT2D eigenvalue weighted by Crippen LogP contribution is 2.16. The van der Waals surface area contributed by atoms with Crippen molar-refractivity contribution in [3.63, 3.8) is 0 Å². The smallest absolute Gasteiger partial charge is 0.146 e. The number of nitrogens with zero attached hydrogens (tertiary/aromatic N) is 3. The van der Waals surface area contributed by atoms with E-state index in [-0.39, 0.29) is 0 Å². The maximum absolute atomic E-state index is 4.29. The second-order valence-electron chi connectivity index (χ2n) is 4.57. The molecule has 0 saturated heterocycles. The highest BCUT2D eigenvalue weighted by molar-refractivity contribution is 5.51. The maximum atomic E-state index is 4.29. The zero-order valence-corrected chi connectivity index (χ0v) is 11.3. The summed E-state index contributed by atoms with van der Waals surface area (Å²) in [6.07, 6.45) is 2.69. The number of aromatic nitrogens is 3. The predicted molar refractivity (Wildman–Crippen MR) is 73.6 cm³/mol. The van der Waals surface area contributed by atoms with E-state index in [2.05, 4.69) is 54.4 Å². The molecule has 0 bridgehead atoms. The molecule has 0 aliphatic rings. The number of anilines is 1. The summed E-state index contributed by atoms with van der Waals surface area (Å²) in [5.41, 5.74) is 3.70. The minimum Gasteiger partial charge on any atom is -0.378 e. The third-order valence-corrected chi connectivity index (χ3v) is 2.95. The molecule has 0 aliphatic heterocycles. The van der Waals surface area contributed by atoms with Crippen LogP contribution in [0.5, 0.6) is 0 Å². The number of aryl methyl sites for hydroxylation is 3. The molecule has 0 atom stereocenters. The van der Waals surface area contributed by atoms with Crippen LogP contribution in [0.3, 0.4) is 0 Å². The number of rotatable bonds is 5. The molecule has 0 unspecified atom stereocenters. The number of nitrogens with one attached hydrogen (secondary N) is 1. The highest BCUT2D eigenvalue weighted by Gasteiger charge is 2.04. The SMILES string of the molecule is CCCn1ncnc1CNc1ccc(C)cc1C. The number of benzene rings is 1. The molecule has 0 radical (unpaired) electrons. The van der Waals surface area contributed by atoms with Gasteiger partial charge in [-0.1, -0.05) is 24.6 Å². The van der Waals surface area contributed by atoms with Crippen LogP contribution in [0.2, 0.25) is 0 Å². The van der Waals surface area contributed by atoms with E-state index >= 15 is 0 Å². The zero-order chi connectivity index (χ0) is 13.0. The first-order valence-corrected chi connectivity index (χ1v) is 6.38. The van der Waals surface area contributed by atoms with E-state index in [0.717, 1.165) is 24.5 Å². The van der Waals surface area contributed by atoms with Crippen molar-refractivity contribution in [3.8, 4) is 0 Å². The van der Waals surface area contributed by atoms with Crippen molar-refractivity contribution in [2.45, 2.75) is 40.3 Å². The van der Waals surface area contributed by atoms with Gasteiger partial charge in [-0.05, 0) is 31.9 Å². The van der Waals surface area contributed by atoms with E-state index in [1.807, 2.05) is 4.68 Å². The number of hydrogen-bond donors (Lipinski definition) is 1. The molecular formula is C14H20N4. The van der Waals surface area contributed by atoms with E-state index in [0.29, 0.717) is 6.54 Å². The van der Waals surface area contributed by atoms with Crippen LogP contribution in [0.1, 0.15) is 30.3 Å². The maximum Gasteiger partial charge on any atom is 0.146 e. The van der Waals surface area contributed by atoms with Gasteiger partial charge in [-0.2, -0.15) is 5.10 Å². The topological polar surface area (TPSA) is 42.7 Å². The van der Waals surface area contributed by atoms with Gasteiger partial charge in [0.15, 0.2) is 0 Å². The lowest BCUT2D eigenvalue weighted by molar-refractivity contribution is 0.574. The van der Waals surface area contributed by atoms with Crippen LogP contribution in [-0.4, -0.2) is 14.8 Å². The van der Waals surface area contributed by atoms with Gasteiger partial charge in [0.05, 0.1) is 6.54 Å². The van der Waals surface area contributed by atoms with Gasteiger partial charge in [-0.15, -0.1) is 0 Å². The van der Waals surface area contributed by atoms with Crippen LogP contribution in [0.4, 0.5) is 5.69 Å². The molecular weight excluding hydrogens is 224 g/mol. The fourth-order valence-corrected chi connectivity index (χ4v) is 2.01. The first-order chi connectivity index (χ1) is 8.70. The summed E-state index contributed by atoms with van der Waals surface area (Å²) in [5, 5.41) is 7.64. The van der Waals surface area contributed by atoms with E-state index in [4.69, 9.17) is 0 Å². The molecule has 4 nitrogen and oxygen atoms in total. The average molecular weight is 244 g/mol. The fraction of sp³-hybridized carbons (Fsp3) is 0.429. The Morgan fingerprint density at radius 1 is 1.28 bits per heavy atom. The average Bonchev–Trinajstić information content (AvgIpc) is 2.76. The van der Waals surface area contributed by atoms with Crippen LogP contribution < -0.4 is 5.32 Å². The summed E-state index contributed by atoms with van der Waals surface area (Å²) < 4.78 is 1.95. The Bertz CT molecular complexity index is 516. The van der Waals surface area contributed by atoms with Crippen LogP contribution in [0.15, 0.2) is 24.5 Å². The van der Waals surface area contributed by atoms with Crippen LogP contribution in [-0.2, 0) is 13.1 Å². The van der Waals surface area contributed by atoms with Gasteiger partial charge in [0.1, 0.15) is 12.2 Å². The van der Waals surface area contributed by atoms with Crippen LogP contribution >= 0.6 is 0 Å². The quantitative estimate of drug-likeness (QED) is 0.879. The zero-order valence-electron chi connectivity index (χ0n) is 11.3. The molecule has 4 heteroatoms. The lowest BCUT2D eigenvalue weighted by Gasteiger charge is -2.10. The van der Waals surface area contributed by atoms with Crippen molar-refractivity contribution in [2.75, 3.05) is 5.32 Å². The van der Waals surface area contributed by atoms with Crippen LogP contribution in [0, 0.1) is 13.8 Å². The van der Waals surface area contributed by atoms with Crippen molar-refractivity contribution in [2.24, 2.45) is 0 Å². The van der Waals surface area contributed by atoms with Gasteiger partial charge in [0.2, 0.25) is 0 Å². The Balaban J connectivity index is 2.04. The summed E-state index contributed by atoms with van der Waals surface area (Å²) in [5.74, 6) is 0.983. The van der Waals surface area contributed by atoms with Gasteiger partial charge in [0.25, 0.3) is 0 Å². The Hall–Kier alpha value is -1.84. The summed E-state index contributed by atoms with van der Waals surface area (Å²) in [4.78, 5) is 4.29. The van der Waals surface area contributed by atoms with Crippen molar-refractivity contribution in [1.29, 1.82) is 0 Å². The number of hydrogen-bond acceptors (Lipinski definition) is 3. The first kappa shape index (κ1) is 12.6. The molecule has 1 aromatic heterocycles. The second kappa shape index (κ2) is 5.67. The molecule has 1 heterocycles. The summed E-state index contributed by atoms with van der Waals surface area (Å²) >= 11 is 0. The molecule has 1 N–H and O–H groups in total. The molecule has 0 amide bonds. The second-order valence-corrected chi connectivity index (χ2v) is 4.57. The molecule has 0 spiro atoms. The van der Waals surface area contributed by atoms with Gasteiger partial charge < -0.3 is 5.32 Å². The standard InChI is InChI=1S/C14H20N4/c1-4-7-18-14(16-10-17-18)9-15-13-6-5-11(2)8-12(13)3/h5-6,8,10,15H,4,7,9H2,1-3H3. The van der Waals surface area contributed by atoms with Gasteiger partial charge in [-0.3, -0.25) is 0 Å². The van der Waals surface area contributed by atoms with Crippen molar-refractivity contribution in [1.82, 2.24) is 14.8 Å². The summed E-state index contributed by atoms with van der Waals surface area (Å²) in [6.45, 7) is 8.00. The summed E-state index contributed by atoms with van der Waals surface area (Å²) in [6, 6.07) is 6.41. The fourth-order valence-electron chi connectivity index (χ4n) is 2.01. The Morgan fingerprint density at radius 3 is 2.83 bits per heavy atom.